The van der Waals surface area contributed by atoms with Crippen LogP contribution in [0.2, 0.25) is 0 Å². The molecule has 0 saturated carbocycles. The maximum absolute atomic E-state index is 11.9. The van der Waals surface area contributed by atoms with Gasteiger partial charge in [-0.25, -0.2) is 0 Å². The van der Waals surface area contributed by atoms with Crippen LogP contribution in [0.15, 0.2) is 61.0 Å². The minimum absolute atomic E-state index is 0.00819. The lowest BCUT2D eigenvalue weighted by Crippen LogP contribution is -2.37. The maximum Gasteiger partial charge on any atom is 0.326 e. The molecule has 1 aromatic carbocycles. The van der Waals surface area contributed by atoms with Gasteiger partial charge in [-0.1, -0.05) is 30.9 Å². The highest BCUT2D eigenvalue weighted by Gasteiger charge is 2.19. The van der Waals surface area contributed by atoms with Crippen molar-refractivity contribution in [2.75, 3.05) is 45.3 Å². The number of carbonyl (C=O) groups excluding carboxylic acids is 1. The zero-order valence-corrected chi connectivity index (χ0v) is 19.3. The number of amides is 1. The van der Waals surface area contributed by atoms with Gasteiger partial charge in [-0.2, -0.15) is 20.1 Å². The Kier molecular flexibility index (Phi) is 7.28. The number of fused-ring (bicyclic) bond motifs is 1. The van der Waals surface area contributed by atoms with Crippen LogP contribution in [0.3, 0.4) is 0 Å². The molecule has 1 aliphatic heterocycles. The molecule has 0 spiro atoms. The van der Waals surface area contributed by atoms with Crippen molar-refractivity contribution >= 4 is 22.8 Å². The summed E-state index contributed by atoms with van der Waals surface area (Å²) in [6.07, 6.45) is 8.59. The average molecular weight is 462 g/mol. The topological polar surface area (TPSA) is 109 Å². The van der Waals surface area contributed by atoms with Gasteiger partial charge < -0.3 is 19.3 Å². The molecule has 3 aromatic rings. The molecule has 34 heavy (non-hydrogen) atoms. The first kappa shape index (κ1) is 23.1. The lowest BCUT2D eigenvalue weighted by molar-refractivity contribution is -0.127. The van der Waals surface area contributed by atoms with Crippen LogP contribution >= 0.6 is 0 Å². The van der Waals surface area contributed by atoms with Crippen LogP contribution in [0.4, 0.5) is 5.95 Å². The third-order valence-corrected chi connectivity index (χ3v) is 5.30. The zero-order valence-electron chi connectivity index (χ0n) is 19.3. The van der Waals surface area contributed by atoms with E-state index in [9.17, 15) is 4.79 Å². The minimum atomic E-state index is -0.00819. The van der Waals surface area contributed by atoms with Gasteiger partial charge in [0.15, 0.2) is 5.82 Å². The van der Waals surface area contributed by atoms with Gasteiger partial charge in [0.05, 0.1) is 37.6 Å². The molecule has 4 rings (SSSR count). The first-order valence-electron chi connectivity index (χ1n) is 10.9. The summed E-state index contributed by atoms with van der Waals surface area (Å²) in [5.41, 5.74) is 2.49. The number of ether oxygens (including phenoxy) is 2. The van der Waals surface area contributed by atoms with Crippen molar-refractivity contribution in [2.45, 2.75) is 6.42 Å². The average Bonchev–Trinajstić information content (AvgIpc) is 3.35. The number of nitrogens with one attached hydrogen (secondary N) is 1. The first-order valence-corrected chi connectivity index (χ1v) is 10.9. The van der Waals surface area contributed by atoms with Crippen molar-refractivity contribution < 1.29 is 14.3 Å². The van der Waals surface area contributed by atoms with E-state index in [0.29, 0.717) is 38.1 Å². The number of aromatic nitrogens is 5. The van der Waals surface area contributed by atoms with Gasteiger partial charge in [0.25, 0.3) is 0 Å². The van der Waals surface area contributed by atoms with Crippen LogP contribution < -0.4 is 9.64 Å². The van der Waals surface area contributed by atoms with Crippen LogP contribution in [0.25, 0.3) is 22.3 Å². The molecule has 1 fully saturated rings. The summed E-state index contributed by atoms with van der Waals surface area (Å²) in [5.74, 6) is 1.01. The van der Waals surface area contributed by atoms with Gasteiger partial charge in [0.2, 0.25) is 11.9 Å². The Bertz CT molecular complexity index is 1230. The predicted octanol–water partition coefficient (Wildman–Crippen LogP) is 2.73. The molecule has 10 nitrogen and oxygen atoms in total. The second-order valence-corrected chi connectivity index (χ2v) is 7.83. The van der Waals surface area contributed by atoms with Crippen molar-refractivity contribution in [1.82, 2.24) is 30.0 Å². The molecule has 1 saturated heterocycles. The monoisotopic (exact) mass is 461 g/mol. The highest BCUT2D eigenvalue weighted by Crippen LogP contribution is 2.27. The minimum Gasteiger partial charge on any atom is -0.432 e. The molecule has 0 atom stereocenters. The molecule has 10 heteroatoms. The Morgan fingerprint density at radius 3 is 2.85 bits per heavy atom. The van der Waals surface area contributed by atoms with E-state index < -0.39 is 0 Å². The number of hydrogen-bond acceptors (Lipinski definition) is 8. The zero-order chi connectivity index (χ0) is 23.9. The number of carbonyl (C=O) groups is 1. The smallest absolute Gasteiger partial charge is 0.326 e. The van der Waals surface area contributed by atoms with Crippen molar-refractivity contribution in [1.29, 1.82) is 0 Å². The third-order valence-electron chi connectivity index (χ3n) is 5.30. The Balaban J connectivity index is 1.61. The molecule has 0 bridgehead atoms. The van der Waals surface area contributed by atoms with E-state index in [1.165, 1.54) is 11.2 Å². The Morgan fingerprint density at radius 2 is 2.09 bits per heavy atom. The SMILES string of the molecule is C=C/C(=C\C=C\Oc1nc(-c2cccc3[nH]ncc23)nc(N2CCOCC2)n1)CC(=O)N(C)C. The maximum atomic E-state index is 11.9. The number of H-pyrrole nitrogens is 1. The fourth-order valence-electron chi connectivity index (χ4n) is 3.38. The van der Waals surface area contributed by atoms with Crippen LogP contribution in [0.1, 0.15) is 6.42 Å². The van der Waals surface area contributed by atoms with Gasteiger partial charge >= 0.3 is 6.01 Å². The summed E-state index contributed by atoms with van der Waals surface area (Å²) in [7, 11) is 3.44. The van der Waals surface area contributed by atoms with Gasteiger partial charge in [0, 0.05) is 38.1 Å². The highest BCUT2D eigenvalue weighted by molar-refractivity contribution is 5.92. The van der Waals surface area contributed by atoms with Crippen molar-refractivity contribution in [3.05, 3.63) is 61.0 Å². The van der Waals surface area contributed by atoms with Gasteiger partial charge in [0.1, 0.15) is 0 Å². The second-order valence-electron chi connectivity index (χ2n) is 7.83. The van der Waals surface area contributed by atoms with Gasteiger partial charge in [-0.3, -0.25) is 9.89 Å². The van der Waals surface area contributed by atoms with E-state index in [1.807, 2.05) is 23.1 Å². The fraction of sp³-hybridized carbons (Fsp3) is 0.292. The number of nitrogens with zero attached hydrogens (tertiary/aromatic N) is 6. The number of benzene rings is 1. The lowest BCUT2D eigenvalue weighted by atomic mass is 10.1. The molecule has 3 heterocycles. The van der Waals surface area contributed by atoms with E-state index in [2.05, 4.69) is 26.7 Å². The summed E-state index contributed by atoms with van der Waals surface area (Å²) in [5, 5.41) is 8.01. The quantitative estimate of drug-likeness (QED) is 0.403. The molecular formula is C24H27N7O3. The molecule has 0 radical (unpaired) electrons. The number of morpholine rings is 1. The molecule has 2 aromatic heterocycles. The first-order chi connectivity index (χ1) is 16.5. The van der Waals surface area contributed by atoms with E-state index in [1.54, 1.807) is 38.5 Å². The lowest BCUT2D eigenvalue weighted by Gasteiger charge is -2.26. The van der Waals surface area contributed by atoms with E-state index in [0.717, 1.165) is 22.0 Å². The largest absolute Gasteiger partial charge is 0.432 e. The van der Waals surface area contributed by atoms with Crippen LogP contribution in [0, 0.1) is 0 Å². The summed E-state index contributed by atoms with van der Waals surface area (Å²) in [4.78, 5) is 29.3. The summed E-state index contributed by atoms with van der Waals surface area (Å²) < 4.78 is 11.2. The predicted molar refractivity (Wildman–Crippen MR) is 129 cm³/mol. The Labute approximate surface area is 197 Å². The molecule has 0 aliphatic carbocycles. The molecule has 1 aliphatic rings. The van der Waals surface area contributed by atoms with Crippen molar-refractivity contribution in [3.63, 3.8) is 0 Å². The number of allylic oxidation sites excluding steroid dienone is 3. The molecular weight excluding hydrogens is 434 g/mol. The number of anilines is 1. The summed E-state index contributed by atoms with van der Waals surface area (Å²) >= 11 is 0. The van der Waals surface area contributed by atoms with E-state index in [4.69, 9.17) is 14.5 Å². The Hall–Kier alpha value is -4.05. The van der Waals surface area contributed by atoms with E-state index in [-0.39, 0.29) is 18.3 Å². The Morgan fingerprint density at radius 1 is 1.26 bits per heavy atom. The van der Waals surface area contributed by atoms with Gasteiger partial charge in [-0.15, -0.1) is 0 Å². The summed E-state index contributed by atoms with van der Waals surface area (Å²) in [6.45, 7) is 6.34. The molecule has 0 unspecified atom stereocenters. The fourth-order valence-corrected chi connectivity index (χ4v) is 3.38. The van der Waals surface area contributed by atoms with Crippen LogP contribution in [-0.4, -0.2) is 76.4 Å². The normalized spacial score (nSPS) is 14.5. The van der Waals surface area contributed by atoms with Crippen molar-refractivity contribution in [2.24, 2.45) is 0 Å². The number of aromatic amines is 1. The standard InChI is InChI=1S/C24H27N7O3/c1-4-17(15-21(32)30(2)3)7-6-12-34-24-27-22(18-8-5-9-20-19(18)16-25-29-20)26-23(28-24)31-10-13-33-14-11-31/h4-9,12,16H,1,10-11,13-15H2,2-3H3,(H,25,29)/b12-6+,17-7+. The van der Waals surface area contributed by atoms with E-state index >= 15 is 0 Å². The summed E-state index contributed by atoms with van der Waals surface area (Å²) in [6, 6.07) is 5.98. The van der Waals surface area contributed by atoms with Crippen LogP contribution in [0.5, 0.6) is 6.01 Å². The molecule has 1 N–H and O–H groups in total. The van der Waals surface area contributed by atoms with Gasteiger partial charge in [-0.05, 0) is 17.7 Å². The van der Waals surface area contributed by atoms with Crippen LogP contribution in [-0.2, 0) is 9.53 Å². The number of hydrogen-bond donors (Lipinski definition) is 1. The third kappa shape index (κ3) is 5.46. The number of rotatable bonds is 8. The highest BCUT2D eigenvalue weighted by atomic mass is 16.5. The van der Waals surface area contributed by atoms with Crippen molar-refractivity contribution in [3.8, 4) is 17.4 Å². The molecule has 176 valence electrons. The second kappa shape index (κ2) is 10.7. The molecule has 1 amide bonds.